The van der Waals surface area contributed by atoms with Crippen LogP contribution in [0.2, 0.25) is 5.02 Å². The molecule has 0 amide bonds. The highest BCUT2D eigenvalue weighted by Crippen LogP contribution is 2.33. The molecule has 1 aliphatic rings. The molecule has 2 aromatic rings. The van der Waals surface area contributed by atoms with E-state index in [9.17, 15) is 0 Å². The van der Waals surface area contributed by atoms with Gasteiger partial charge in [0.05, 0.1) is 30.0 Å². The highest BCUT2D eigenvalue weighted by atomic mass is 35.5. The third-order valence-corrected chi connectivity index (χ3v) is 4.33. The van der Waals surface area contributed by atoms with Gasteiger partial charge in [-0.3, -0.25) is 0 Å². The van der Waals surface area contributed by atoms with Crippen LogP contribution in [-0.2, 0) is 4.74 Å². The average molecular weight is 371 g/mol. The van der Waals surface area contributed by atoms with Crippen LogP contribution in [0.25, 0.3) is 6.08 Å². The third kappa shape index (κ3) is 4.07. The van der Waals surface area contributed by atoms with Gasteiger partial charge >= 0.3 is 0 Å². The van der Waals surface area contributed by atoms with Crippen LogP contribution in [0.15, 0.2) is 29.8 Å². The molecule has 0 saturated heterocycles. The molecule has 0 fully saturated rings. The van der Waals surface area contributed by atoms with Crippen molar-refractivity contribution in [3.05, 3.63) is 51.7 Å². The predicted molar refractivity (Wildman–Crippen MR) is 103 cm³/mol. The molecule has 6 nitrogen and oxygen atoms in total. The lowest BCUT2D eigenvalue weighted by Crippen LogP contribution is -2.16. The van der Waals surface area contributed by atoms with Crippen LogP contribution in [0, 0.1) is 18.3 Å². The third-order valence-electron chi connectivity index (χ3n) is 4.04. The van der Waals surface area contributed by atoms with Gasteiger partial charge in [-0.25, -0.2) is 4.98 Å². The van der Waals surface area contributed by atoms with Crippen LogP contribution >= 0.6 is 11.6 Å². The molecule has 1 aromatic heterocycles. The van der Waals surface area contributed by atoms with Gasteiger partial charge in [0.25, 0.3) is 0 Å². The van der Waals surface area contributed by atoms with Gasteiger partial charge in [0, 0.05) is 18.3 Å². The van der Waals surface area contributed by atoms with Crippen LogP contribution in [-0.4, -0.2) is 32.0 Å². The van der Waals surface area contributed by atoms with Crippen molar-refractivity contribution in [1.29, 1.82) is 5.26 Å². The Kier molecular flexibility index (Phi) is 5.61. The number of fused-ring (bicyclic) bond motifs is 1. The number of anilines is 2. The van der Waals surface area contributed by atoms with Gasteiger partial charge in [0.15, 0.2) is 0 Å². The zero-order valence-electron chi connectivity index (χ0n) is 14.6. The van der Waals surface area contributed by atoms with Crippen LogP contribution in [0.4, 0.5) is 11.5 Å². The first-order chi connectivity index (χ1) is 12.6. The summed E-state index contributed by atoms with van der Waals surface area (Å²) in [7, 11) is 1.59. The van der Waals surface area contributed by atoms with Crippen molar-refractivity contribution in [3.8, 4) is 11.8 Å². The molecule has 0 radical (unpaired) electrons. The van der Waals surface area contributed by atoms with Gasteiger partial charge in [-0.05, 0) is 42.3 Å². The molecule has 0 atom stereocenters. The van der Waals surface area contributed by atoms with E-state index in [4.69, 9.17) is 26.3 Å². The topological polar surface area (TPSA) is 79.2 Å². The van der Waals surface area contributed by atoms with E-state index in [1.165, 1.54) is 0 Å². The molecular weight excluding hydrogens is 352 g/mol. The average Bonchev–Trinajstić information content (AvgIpc) is 2.62. The van der Waals surface area contributed by atoms with Gasteiger partial charge in [-0.15, -0.1) is 0 Å². The number of rotatable bonds is 4. The molecule has 0 bridgehead atoms. The fraction of sp³-hybridized carbons (Fsp3) is 0.263. The Hall–Kier alpha value is -2.75. The van der Waals surface area contributed by atoms with E-state index in [0.29, 0.717) is 41.9 Å². The van der Waals surface area contributed by atoms with Crippen molar-refractivity contribution in [2.75, 3.05) is 37.6 Å². The van der Waals surface area contributed by atoms with Crippen molar-refractivity contribution in [2.45, 2.75) is 6.92 Å². The van der Waals surface area contributed by atoms with Crippen LogP contribution in [0.5, 0.6) is 5.75 Å². The summed E-state index contributed by atoms with van der Waals surface area (Å²) in [5, 5.41) is 16.0. The first kappa shape index (κ1) is 18.1. The van der Waals surface area contributed by atoms with Gasteiger partial charge in [-0.1, -0.05) is 11.6 Å². The largest absolute Gasteiger partial charge is 0.495 e. The Morgan fingerprint density at radius 3 is 3.00 bits per heavy atom. The molecule has 0 unspecified atom stereocenters. The Morgan fingerprint density at radius 2 is 2.27 bits per heavy atom. The lowest BCUT2D eigenvalue weighted by atomic mass is 10.1. The van der Waals surface area contributed by atoms with E-state index in [1.54, 1.807) is 19.2 Å². The quantitative estimate of drug-likeness (QED) is 0.851. The highest BCUT2D eigenvalue weighted by molar-refractivity contribution is 6.32. The number of hydrogen-bond donors (Lipinski definition) is 2. The van der Waals surface area contributed by atoms with E-state index in [1.807, 2.05) is 25.1 Å². The molecule has 2 heterocycles. The molecule has 0 spiro atoms. The monoisotopic (exact) mass is 370 g/mol. The summed E-state index contributed by atoms with van der Waals surface area (Å²) in [6.07, 6.45) is 2.04. The number of nitriles is 1. The maximum Gasteiger partial charge on any atom is 0.139 e. The van der Waals surface area contributed by atoms with Gasteiger partial charge in [-0.2, -0.15) is 5.26 Å². The summed E-state index contributed by atoms with van der Waals surface area (Å²) in [6, 6.07) is 9.41. The highest BCUT2D eigenvalue weighted by Gasteiger charge is 2.12. The van der Waals surface area contributed by atoms with E-state index in [0.717, 1.165) is 22.6 Å². The van der Waals surface area contributed by atoms with Crippen molar-refractivity contribution in [3.63, 3.8) is 0 Å². The molecule has 7 heteroatoms. The van der Waals surface area contributed by atoms with Crippen molar-refractivity contribution >= 4 is 29.2 Å². The fourth-order valence-electron chi connectivity index (χ4n) is 2.65. The standard InChI is InChI=1S/C19H19ClN4O2/c1-12-14(8-21)3-4-19(24-12)22-9-13-5-15-6-16(20)18(25-2)7-17(15)23-11-26-10-13/h3-7,23H,9-11H2,1-2H3,(H,22,24)/b13-5-. The van der Waals surface area contributed by atoms with Gasteiger partial charge in [0.1, 0.15) is 24.4 Å². The molecule has 0 saturated carbocycles. The smallest absolute Gasteiger partial charge is 0.139 e. The lowest BCUT2D eigenvalue weighted by Gasteiger charge is -2.19. The number of pyridine rings is 1. The second-order valence-electron chi connectivity index (χ2n) is 5.84. The summed E-state index contributed by atoms with van der Waals surface area (Å²) >= 11 is 6.26. The zero-order valence-corrected chi connectivity index (χ0v) is 15.4. The molecule has 1 aliphatic heterocycles. The number of aryl methyl sites for hydroxylation is 1. The van der Waals surface area contributed by atoms with Gasteiger partial charge in [0.2, 0.25) is 0 Å². The second kappa shape index (κ2) is 8.09. The first-order valence-corrected chi connectivity index (χ1v) is 8.48. The van der Waals surface area contributed by atoms with E-state index in [2.05, 4.69) is 21.7 Å². The minimum absolute atomic E-state index is 0.392. The molecular formula is C19H19ClN4O2. The van der Waals surface area contributed by atoms with E-state index in [-0.39, 0.29) is 0 Å². The van der Waals surface area contributed by atoms with Crippen LogP contribution in [0.3, 0.4) is 0 Å². The first-order valence-electron chi connectivity index (χ1n) is 8.11. The number of methoxy groups -OCH3 is 1. The molecule has 2 N–H and O–H groups in total. The molecule has 26 heavy (non-hydrogen) atoms. The summed E-state index contributed by atoms with van der Waals surface area (Å²) in [6.45, 7) is 3.27. The number of ether oxygens (including phenoxy) is 2. The molecule has 1 aromatic carbocycles. The second-order valence-corrected chi connectivity index (χ2v) is 6.25. The molecule has 3 rings (SSSR count). The van der Waals surface area contributed by atoms with Crippen LogP contribution in [0.1, 0.15) is 16.8 Å². The lowest BCUT2D eigenvalue weighted by molar-refractivity contribution is 0.175. The van der Waals surface area contributed by atoms with Gasteiger partial charge < -0.3 is 20.1 Å². The number of halogens is 1. The molecule has 0 aliphatic carbocycles. The molecule has 134 valence electrons. The SMILES string of the molecule is COc1cc2c(cc1Cl)/C=C(/CNc1ccc(C#N)c(C)n1)COCN2. The minimum atomic E-state index is 0.392. The van der Waals surface area contributed by atoms with Crippen molar-refractivity contribution < 1.29 is 9.47 Å². The Morgan fingerprint density at radius 1 is 1.42 bits per heavy atom. The van der Waals surface area contributed by atoms with Crippen molar-refractivity contribution in [2.24, 2.45) is 0 Å². The fourth-order valence-corrected chi connectivity index (χ4v) is 2.90. The maximum absolute atomic E-state index is 8.99. The Balaban J connectivity index is 1.81. The van der Waals surface area contributed by atoms with E-state index >= 15 is 0 Å². The summed E-state index contributed by atoms with van der Waals surface area (Å²) in [5.74, 6) is 1.33. The van der Waals surface area contributed by atoms with Crippen molar-refractivity contribution in [1.82, 2.24) is 4.98 Å². The zero-order chi connectivity index (χ0) is 18.5. The number of hydrogen-bond acceptors (Lipinski definition) is 6. The Bertz CT molecular complexity index is 890. The van der Waals surface area contributed by atoms with Crippen LogP contribution < -0.4 is 15.4 Å². The summed E-state index contributed by atoms with van der Waals surface area (Å²) < 4.78 is 10.9. The number of aromatic nitrogens is 1. The minimum Gasteiger partial charge on any atom is -0.495 e. The predicted octanol–water partition coefficient (Wildman–Crippen LogP) is 3.82. The Labute approximate surface area is 157 Å². The number of nitrogens with one attached hydrogen (secondary N) is 2. The number of nitrogens with zero attached hydrogens (tertiary/aromatic N) is 2. The normalized spacial score (nSPS) is 15.4. The summed E-state index contributed by atoms with van der Waals surface area (Å²) in [5.41, 5.74) is 4.20. The summed E-state index contributed by atoms with van der Waals surface area (Å²) in [4.78, 5) is 4.40. The maximum atomic E-state index is 8.99. The number of benzene rings is 1. The van der Waals surface area contributed by atoms with E-state index < -0.39 is 0 Å².